The summed E-state index contributed by atoms with van der Waals surface area (Å²) in [5.74, 6) is -2.18. The van der Waals surface area contributed by atoms with Gasteiger partial charge in [0.25, 0.3) is 5.91 Å². The summed E-state index contributed by atoms with van der Waals surface area (Å²) in [6.45, 7) is 0. The van der Waals surface area contributed by atoms with Crippen molar-refractivity contribution in [3.63, 3.8) is 0 Å². The van der Waals surface area contributed by atoms with E-state index in [9.17, 15) is 14.0 Å². The highest BCUT2D eigenvalue weighted by molar-refractivity contribution is 9.10. The lowest BCUT2D eigenvalue weighted by Gasteiger charge is -2.07. The summed E-state index contributed by atoms with van der Waals surface area (Å²) < 4.78 is 13.6. The molecule has 1 heterocycles. The fraction of sp³-hybridized carbons (Fsp3) is 0. The van der Waals surface area contributed by atoms with Gasteiger partial charge in [0.15, 0.2) is 0 Å². The molecule has 0 spiro atoms. The molecule has 2 aromatic rings. The fourth-order valence-corrected chi connectivity index (χ4v) is 1.78. The molecule has 2 N–H and O–H groups in total. The Morgan fingerprint density at radius 3 is 2.60 bits per heavy atom. The number of amides is 1. The predicted octanol–water partition coefficient (Wildman–Crippen LogP) is 2.93. The Balaban J connectivity index is 2.19. The lowest BCUT2D eigenvalue weighted by molar-refractivity contribution is 0.0696. The van der Waals surface area contributed by atoms with Gasteiger partial charge in [-0.3, -0.25) is 9.78 Å². The van der Waals surface area contributed by atoms with Gasteiger partial charge in [-0.2, -0.15) is 0 Å². The van der Waals surface area contributed by atoms with E-state index in [1.807, 2.05) is 0 Å². The Hall–Kier alpha value is -2.28. The molecule has 1 aromatic carbocycles. The second kappa shape index (κ2) is 5.79. The number of carbonyl (C=O) groups excluding carboxylic acids is 1. The van der Waals surface area contributed by atoms with Crippen LogP contribution in [0.5, 0.6) is 0 Å². The highest BCUT2D eigenvalue weighted by atomic mass is 79.9. The van der Waals surface area contributed by atoms with Crippen molar-refractivity contribution in [3.8, 4) is 0 Å². The van der Waals surface area contributed by atoms with Crippen LogP contribution >= 0.6 is 15.9 Å². The number of nitrogens with one attached hydrogen (secondary N) is 1. The lowest BCUT2D eigenvalue weighted by Crippen LogP contribution is -2.14. The number of pyridine rings is 1. The van der Waals surface area contributed by atoms with E-state index in [2.05, 4.69) is 26.2 Å². The number of anilines is 1. The first-order valence-corrected chi connectivity index (χ1v) is 6.22. The average molecular weight is 339 g/mol. The van der Waals surface area contributed by atoms with E-state index in [1.165, 1.54) is 24.3 Å². The molecule has 2 rings (SSSR count). The van der Waals surface area contributed by atoms with E-state index in [-0.39, 0.29) is 16.9 Å². The monoisotopic (exact) mass is 338 g/mol. The van der Waals surface area contributed by atoms with E-state index in [0.717, 1.165) is 12.3 Å². The SMILES string of the molecule is O=C(O)c1ccc(C(=O)Nc2cc(F)ccc2Br)nc1. The normalized spacial score (nSPS) is 10.1. The zero-order valence-corrected chi connectivity index (χ0v) is 11.5. The van der Waals surface area contributed by atoms with Gasteiger partial charge in [0, 0.05) is 10.7 Å². The Kier molecular flexibility index (Phi) is 4.09. The van der Waals surface area contributed by atoms with Gasteiger partial charge < -0.3 is 10.4 Å². The Morgan fingerprint density at radius 1 is 1.25 bits per heavy atom. The quantitative estimate of drug-likeness (QED) is 0.901. The molecule has 0 fully saturated rings. The first kappa shape index (κ1) is 14.1. The van der Waals surface area contributed by atoms with Crippen LogP contribution < -0.4 is 5.32 Å². The van der Waals surface area contributed by atoms with Crippen molar-refractivity contribution >= 4 is 33.5 Å². The van der Waals surface area contributed by atoms with Crippen molar-refractivity contribution in [2.45, 2.75) is 0 Å². The molecular weight excluding hydrogens is 331 g/mol. The lowest BCUT2D eigenvalue weighted by atomic mass is 10.2. The summed E-state index contributed by atoms with van der Waals surface area (Å²) in [6.07, 6.45) is 1.08. The van der Waals surface area contributed by atoms with Gasteiger partial charge in [-0.05, 0) is 46.3 Å². The second-order valence-electron chi connectivity index (χ2n) is 3.82. The number of aromatic nitrogens is 1. The standard InChI is InChI=1S/C13H8BrFN2O3/c14-9-3-2-8(15)5-11(9)17-12(18)10-4-1-7(6-16-10)13(19)20/h1-6H,(H,17,18)(H,19,20). The van der Waals surface area contributed by atoms with Gasteiger partial charge >= 0.3 is 5.97 Å². The van der Waals surface area contributed by atoms with Gasteiger partial charge in [0.2, 0.25) is 0 Å². The van der Waals surface area contributed by atoms with Gasteiger partial charge in [-0.1, -0.05) is 0 Å². The van der Waals surface area contributed by atoms with Crippen LogP contribution in [0.4, 0.5) is 10.1 Å². The van der Waals surface area contributed by atoms with E-state index in [4.69, 9.17) is 5.11 Å². The number of nitrogens with zero attached hydrogens (tertiary/aromatic N) is 1. The third kappa shape index (κ3) is 3.18. The molecule has 0 bridgehead atoms. The number of carbonyl (C=O) groups is 2. The molecule has 5 nitrogen and oxygen atoms in total. The first-order valence-electron chi connectivity index (χ1n) is 5.43. The largest absolute Gasteiger partial charge is 0.478 e. The number of halogens is 2. The summed E-state index contributed by atoms with van der Waals surface area (Å²) in [7, 11) is 0. The maximum Gasteiger partial charge on any atom is 0.337 e. The van der Waals surface area contributed by atoms with Crippen LogP contribution in [0.25, 0.3) is 0 Å². The third-order valence-electron chi connectivity index (χ3n) is 2.42. The molecule has 102 valence electrons. The number of carboxylic acids is 1. The number of rotatable bonds is 3. The average Bonchev–Trinajstić information content (AvgIpc) is 2.43. The van der Waals surface area contributed by atoms with Crippen LogP contribution in [0.2, 0.25) is 0 Å². The van der Waals surface area contributed by atoms with Gasteiger partial charge in [-0.15, -0.1) is 0 Å². The number of hydrogen-bond acceptors (Lipinski definition) is 3. The molecule has 0 aliphatic rings. The zero-order chi connectivity index (χ0) is 14.7. The number of hydrogen-bond donors (Lipinski definition) is 2. The molecule has 1 amide bonds. The van der Waals surface area contributed by atoms with E-state index in [1.54, 1.807) is 0 Å². The minimum atomic E-state index is -1.13. The van der Waals surface area contributed by atoms with Crippen LogP contribution in [0, 0.1) is 5.82 Å². The molecule has 0 unspecified atom stereocenters. The molecule has 7 heteroatoms. The van der Waals surface area contributed by atoms with Crippen LogP contribution in [0.15, 0.2) is 41.0 Å². The van der Waals surface area contributed by atoms with Crippen molar-refractivity contribution in [2.75, 3.05) is 5.32 Å². The summed E-state index contributed by atoms with van der Waals surface area (Å²) in [5, 5.41) is 11.2. The number of benzene rings is 1. The highest BCUT2D eigenvalue weighted by Crippen LogP contribution is 2.23. The molecule has 0 aliphatic heterocycles. The van der Waals surface area contributed by atoms with Crippen molar-refractivity contribution < 1.29 is 19.1 Å². The molecule has 0 saturated carbocycles. The summed E-state index contributed by atoms with van der Waals surface area (Å²) >= 11 is 3.18. The summed E-state index contributed by atoms with van der Waals surface area (Å²) in [5.41, 5.74) is 0.277. The van der Waals surface area contributed by atoms with Crippen molar-refractivity contribution in [1.29, 1.82) is 0 Å². The molecule has 0 atom stereocenters. The van der Waals surface area contributed by atoms with Gasteiger partial charge in [0.1, 0.15) is 11.5 Å². The van der Waals surface area contributed by atoms with Gasteiger partial charge in [0.05, 0.1) is 11.3 Å². The van der Waals surface area contributed by atoms with Crippen LogP contribution in [0.1, 0.15) is 20.8 Å². The minimum absolute atomic E-state index is 0.0199. The predicted molar refractivity (Wildman–Crippen MR) is 73.2 cm³/mol. The van der Waals surface area contributed by atoms with E-state index >= 15 is 0 Å². The maximum atomic E-state index is 13.1. The Labute approximate surface area is 121 Å². The summed E-state index contributed by atoms with van der Waals surface area (Å²) in [6, 6.07) is 6.43. The molecule has 0 saturated heterocycles. The molecular formula is C13H8BrFN2O3. The number of aromatic carboxylic acids is 1. The fourth-order valence-electron chi connectivity index (χ4n) is 1.43. The van der Waals surface area contributed by atoms with Crippen molar-refractivity contribution in [2.24, 2.45) is 0 Å². The minimum Gasteiger partial charge on any atom is -0.478 e. The topological polar surface area (TPSA) is 79.3 Å². The Morgan fingerprint density at radius 2 is 2.00 bits per heavy atom. The van der Waals surface area contributed by atoms with Crippen LogP contribution in [-0.2, 0) is 0 Å². The highest BCUT2D eigenvalue weighted by Gasteiger charge is 2.11. The van der Waals surface area contributed by atoms with Crippen LogP contribution in [0.3, 0.4) is 0 Å². The Bertz CT molecular complexity index is 674. The zero-order valence-electron chi connectivity index (χ0n) is 9.93. The smallest absolute Gasteiger partial charge is 0.337 e. The molecule has 20 heavy (non-hydrogen) atoms. The van der Waals surface area contributed by atoms with Crippen LogP contribution in [-0.4, -0.2) is 22.0 Å². The van der Waals surface area contributed by atoms with E-state index in [0.29, 0.717) is 4.47 Å². The third-order valence-corrected chi connectivity index (χ3v) is 3.11. The first-order chi connectivity index (χ1) is 9.47. The second-order valence-corrected chi connectivity index (χ2v) is 4.67. The molecule has 0 radical (unpaired) electrons. The maximum absolute atomic E-state index is 13.1. The number of carboxylic acid groups (broad SMARTS) is 1. The molecule has 0 aliphatic carbocycles. The van der Waals surface area contributed by atoms with E-state index < -0.39 is 17.7 Å². The van der Waals surface area contributed by atoms with Crippen molar-refractivity contribution in [1.82, 2.24) is 4.98 Å². The molecule has 1 aromatic heterocycles. The van der Waals surface area contributed by atoms with Crippen molar-refractivity contribution in [3.05, 3.63) is 58.1 Å². The summed E-state index contributed by atoms with van der Waals surface area (Å²) in [4.78, 5) is 26.3. The van der Waals surface area contributed by atoms with Gasteiger partial charge in [-0.25, -0.2) is 9.18 Å².